The summed E-state index contributed by atoms with van der Waals surface area (Å²) in [6.07, 6.45) is 2.20. The minimum atomic E-state index is 0.590. The Hall–Kier alpha value is -1.22. The Kier molecular flexibility index (Phi) is 4.26. The minimum Gasteiger partial charge on any atom is -0.486 e. The zero-order valence-electron chi connectivity index (χ0n) is 10.7. The fraction of sp³-hybridized carbons (Fsp3) is 0.571. The van der Waals surface area contributed by atoms with E-state index in [0.717, 1.165) is 24.5 Å². The largest absolute Gasteiger partial charge is 0.486 e. The Bertz CT molecular complexity index is 365. The van der Waals surface area contributed by atoms with E-state index >= 15 is 0 Å². The first kappa shape index (κ1) is 12.2. The van der Waals surface area contributed by atoms with Crippen LogP contribution in [0.4, 0.5) is 0 Å². The maximum Gasteiger partial charge on any atom is 0.161 e. The molecule has 1 unspecified atom stereocenters. The van der Waals surface area contributed by atoms with E-state index in [0.29, 0.717) is 19.3 Å². The highest BCUT2D eigenvalue weighted by atomic mass is 16.6. The van der Waals surface area contributed by atoms with Crippen LogP contribution >= 0.6 is 0 Å². The van der Waals surface area contributed by atoms with Gasteiger partial charge in [0.2, 0.25) is 0 Å². The van der Waals surface area contributed by atoms with Crippen LogP contribution in [0.3, 0.4) is 0 Å². The van der Waals surface area contributed by atoms with Gasteiger partial charge in [0.15, 0.2) is 11.5 Å². The molecule has 1 aromatic carbocycles. The van der Waals surface area contributed by atoms with E-state index in [2.05, 4.69) is 31.3 Å². The molecule has 0 aromatic heterocycles. The van der Waals surface area contributed by atoms with Crippen LogP contribution in [0, 0.1) is 0 Å². The smallest absolute Gasteiger partial charge is 0.161 e. The zero-order valence-corrected chi connectivity index (χ0v) is 10.7. The molecule has 1 N–H and O–H groups in total. The lowest BCUT2D eigenvalue weighted by molar-refractivity contribution is 0.171. The van der Waals surface area contributed by atoms with Gasteiger partial charge in [-0.2, -0.15) is 0 Å². The van der Waals surface area contributed by atoms with E-state index in [1.165, 1.54) is 12.0 Å². The summed E-state index contributed by atoms with van der Waals surface area (Å²) < 4.78 is 11.1. The molecule has 0 spiro atoms. The maximum absolute atomic E-state index is 5.57. The quantitative estimate of drug-likeness (QED) is 0.850. The minimum absolute atomic E-state index is 0.590. The third kappa shape index (κ3) is 3.37. The molecule has 17 heavy (non-hydrogen) atoms. The third-order valence-corrected chi connectivity index (χ3v) is 3.13. The second-order valence-electron chi connectivity index (χ2n) is 4.49. The lowest BCUT2D eigenvalue weighted by atomic mass is 10.1. The van der Waals surface area contributed by atoms with Crippen molar-refractivity contribution >= 4 is 0 Å². The maximum atomic E-state index is 5.57. The monoisotopic (exact) mass is 235 g/mol. The van der Waals surface area contributed by atoms with Crippen molar-refractivity contribution in [1.82, 2.24) is 5.32 Å². The van der Waals surface area contributed by atoms with Crippen molar-refractivity contribution < 1.29 is 9.47 Å². The standard InChI is InChI=1S/C14H21NO2/c1-3-11(2)15-7-6-12-4-5-13-14(10-12)17-9-8-16-13/h4-5,10-11,15H,3,6-9H2,1-2H3. The van der Waals surface area contributed by atoms with E-state index in [1.807, 2.05) is 6.07 Å². The number of fused-ring (bicyclic) bond motifs is 1. The lowest BCUT2D eigenvalue weighted by Crippen LogP contribution is -2.27. The van der Waals surface area contributed by atoms with Gasteiger partial charge in [-0.05, 0) is 44.0 Å². The number of rotatable bonds is 5. The van der Waals surface area contributed by atoms with E-state index < -0.39 is 0 Å². The molecule has 1 aliphatic rings. The summed E-state index contributed by atoms with van der Waals surface area (Å²) in [7, 11) is 0. The fourth-order valence-corrected chi connectivity index (χ4v) is 1.85. The van der Waals surface area contributed by atoms with Crippen molar-refractivity contribution in [3.8, 4) is 11.5 Å². The topological polar surface area (TPSA) is 30.5 Å². The normalized spacial score (nSPS) is 15.6. The van der Waals surface area contributed by atoms with Gasteiger partial charge in [0.1, 0.15) is 13.2 Å². The van der Waals surface area contributed by atoms with Crippen LogP contribution in [-0.2, 0) is 6.42 Å². The highest BCUT2D eigenvalue weighted by Crippen LogP contribution is 2.30. The number of hydrogen-bond donors (Lipinski definition) is 1. The third-order valence-electron chi connectivity index (χ3n) is 3.13. The van der Waals surface area contributed by atoms with Gasteiger partial charge in [-0.15, -0.1) is 0 Å². The molecule has 0 radical (unpaired) electrons. The lowest BCUT2D eigenvalue weighted by Gasteiger charge is -2.19. The molecular weight excluding hydrogens is 214 g/mol. The van der Waals surface area contributed by atoms with Crippen molar-refractivity contribution in [2.45, 2.75) is 32.7 Å². The molecule has 0 amide bonds. The average molecular weight is 235 g/mol. The second kappa shape index (κ2) is 5.92. The second-order valence-corrected chi connectivity index (χ2v) is 4.49. The Balaban J connectivity index is 1.89. The Morgan fingerprint density at radius 3 is 2.76 bits per heavy atom. The fourth-order valence-electron chi connectivity index (χ4n) is 1.85. The molecule has 0 fully saturated rings. The molecule has 0 bridgehead atoms. The summed E-state index contributed by atoms with van der Waals surface area (Å²) in [4.78, 5) is 0. The molecular formula is C14H21NO2. The first-order chi connectivity index (χ1) is 8.29. The van der Waals surface area contributed by atoms with Crippen molar-refractivity contribution in [1.29, 1.82) is 0 Å². The molecule has 1 heterocycles. The van der Waals surface area contributed by atoms with Crippen LogP contribution in [0.25, 0.3) is 0 Å². The number of ether oxygens (including phenoxy) is 2. The Morgan fingerprint density at radius 2 is 2.00 bits per heavy atom. The summed E-state index contributed by atoms with van der Waals surface area (Å²) in [5, 5.41) is 3.49. The van der Waals surface area contributed by atoms with Crippen LogP contribution in [0.2, 0.25) is 0 Å². The summed E-state index contributed by atoms with van der Waals surface area (Å²) in [5.74, 6) is 1.76. The predicted molar refractivity (Wildman–Crippen MR) is 68.9 cm³/mol. The number of benzene rings is 1. The Morgan fingerprint density at radius 1 is 1.24 bits per heavy atom. The molecule has 1 atom stereocenters. The van der Waals surface area contributed by atoms with Gasteiger partial charge in [-0.1, -0.05) is 13.0 Å². The van der Waals surface area contributed by atoms with E-state index in [-0.39, 0.29) is 0 Å². The highest BCUT2D eigenvalue weighted by molar-refractivity contribution is 5.43. The van der Waals surface area contributed by atoms with E-state index in [1.54, 1.807) is 0 Å². The average Bonchev–Trinajstić information content (AvgIpc) is 2.38. The van der Waals surface area contributed by atoms with Crippen molar-refractivity contribution in [3.05, 3.63) is 23.8 Å². The first-order valence-electron chi connectivity index (χ1n) is 6.41. The summed E-state index contributed by atoms with van der Waals surface area (Å²) in [5.41, 5.74) is 1.30. The predicted octanol–water partition coefficient (Wildman–Crippen LogP) is 2.39. The van der Waals surface area contributed by atoms with Crippen LogP contribution < -0.4 is 14.8 Å². The van der Waals surface area contributed by atoms with Crippen LogP contribution in [-0.4, -0.2) is 25.8 Å². The molecule has 1 aliphatic heterocycles. The molecule has 0 saturated carbocycles. The van der Waals surface area contributed by atoms with Crippen molar-refractivity contribution in [2.24, 2.45) is 0 Å². The molecule has 3 nitrogen and oxygen atoms in total. The molecule has 3 heteroatoms. The van der Waals surface area contributed by atoms with Gasteiger partial charge in [-0.25, -0.2) is 0 Å². The molecule has 2 rings (SSSR count). The Labute approximate surface area is 103 Å². The summed E-state index contributed by atoms with van der Waals surface area (Å²) >= 11 is 0. The van der Waals surface area contributed by atoms with E-state index in [9.17, 15) is 0 Å². The van der Waals surface area contributed by atoms with Gasteiger partial charge in [0.05, 0.1) is 0 Å². The van der Waals surface area contributed by atoms with Crippen molar-refractivity contribution in [3.63, 3.8) is 0 Å². The van der Waals surface area contributed by atoms with Crippen LogP contribution in [0.5, 0.6) is 11.5 Å². The number of nitrogens with one attached hydrogen (secondary N) is 1. The van der Waals surface area contributed by atoms with Crippen LogP contribution in [0.15, 0.2) is 18.2 Å². The van der Waals surface area contributed by atoms with E-state index in [4.69, 9.17) is 9.47 Å². The zero-order chi connectivity index (χ0) is 12.1. The van der Waals surface area contributed by atoms with Crippen LogP contribution in [0.1, 0.15) is 25.8 Å². The SMILES string of the molecule is CCC(C)NCCc1ccc2c(c1)OCCO2. The van der Waals surface area contributed by atoms with Gasteiger partial charge < -0.3 is 14.8 Å². The molecule has 0 saturated heterocycles. The number of hydrogen-bond acceptors (Lipinski definition) is 3. The summed E-state index contributed by atoms with van der Waals surface area (Å²) in [6, 6.07) is 6.80. The van der Waals surface area contributed by atoms with Crippen molar-refractivity contribution in [2.75, 3.05) is 19.8 Å². The molecule has 0 aliphatic carbocycles. The van der Waals surface area contributed by atoms with Gasteiger partial charge in [-0.3, -0.25) is 0 Å². The molecule has 1 aromatic rings. The molecule has 94 valence electrons. The first-order valence-corrected chi connectivity index (χ1v) is 6.41. The summed E-state index contributed by atoms with van der Waals surface area (Å²) in [6.45, 7) is 6.73. The van der Waals surface area contributed by atoms with Gasteiger partial charge in [0, 0.05) is 6.04 Å². The van der Waals surface area contributed by atoms with Gasteiger partial charge >= 0.3 is 0 Å². The highest BCUT2D eigenvalue weighted by Gasteiger charge is 2.11. The van der Waals surface area contributed by atoms with Gasteiger partial charge in [0.25, 0.3) is 0 Å².